The van der Waals surface area contributed by atoms with Gasteiger partial charge in [-0.15, -0.1) is 0 Å². The van der Waals surface area contributed by atoms with Crippen LogP contribution in [0.1, 0.15) is 49.7 Å². The summed E-state index contributed by atoms with van der Waals surface area (Å²) in [5.74, 6) is 3.10. The van der Waals surface area contributed by atoms with Gasteiger partial charge in [-0.3, -0.25) is 19.6 Å². The molecule has 0 bridgehead atoms. The van der Waals surface area contributed by atoms with Crippen molar-refractivity contribution in [2.45, 2.75) is 52.4 Å². The molecule has 0 aliphatic heterocycles. The number of anilines is 2. The van der Waals surface area contributed by atoms with Gasteiger partial charge in [0.1, 0.15) is 23.0 Å². The number of aliphatic imine (C=N–C) groups is 2. The van der Waals surface area contributed by atoms with Crippen molar-refractivity contribution in [2.24, 2.45) is 32.9 Å². The normalized spacial score (nSPS) is 9.85. The van der Waals surface area contributed by atoms with Crippen LogP contribution in [0.2, 0.25) is 0 Å². The molecule has 0 aliphatic carbocycles. The zero-order chi connectivity index (χ0) is 38.1. The summed E-state index contributed by atoms with van der Waals surface area (Å²) < 4.78 is 11.5. The Morgan fingerprint density at radius 3 is 1.10 bits per heavy atom. The van der Waals surface area contributed by atoms with Crippen molar-refractivity contribution in [2.75, 3.05) is 30.8 Å². The van der Waals surface area contributed by atoms with Crippen LogP contribution < -0.4 is 43.0 Å². The number of unbranched alkanes of at least 4 members (excludes halogenated alkanes) is 2. The SMILES string of the molecule is CO.Cc1ccc(Oc2ccc(NC(=O)CCCCN=C(N)N)cc2)cc1.Cc1ccc(Oc2ccc(NC(=O)CCCCN=C(N)N)cc2)cc1. The number of aliphatic hydroxyl groups excluding tert-OH is 1. The molecule has 0 unspecified atom stereocenters. The van der Waals surface area contributed by atoms with Crippen LogP contribution in [0.15, 0.2) is 107 Å². The van der Waals surface area contributed by atoms with Crippen LogP contribution in [0, 0.1) is 13.8 Å². The number of guanidine groups is 2. The average molecular weight is 713 g/mol. The van der Waals surface area contributed by atoms with Crippen LogP contribution in [0.4, 0.5) is 11.4 Å². The lowest BCUT2D eigenvalue weighted by atomic mass is 10.2. The Morgan fingerprint density at radius 1 is 0.519 bits per heavy atom. The molecular weight excluding hydrogens is 660 g/mol. The van der Waals surface area contributed by atoms with Crippen molar-refractivity contribution in [3.63, 3.8) is 0 Å². The van der Waals surface area contributed by atoms with Crippen molar-refractivity contribution >= 4 is 35.1 Å². The number of amides is 2. The predicted octanol–water partition coefficient (Wildman–Crippen LogP) is 5.95. The average Bonchev–Trinajstić information content (AvgIpc) is 3.12. The fourth-order valence-corrected chi connectivity index (χ4v) is 4.36. The molecule has 0 aliphatic rings. The van der Waals surface area contributed by atoms with Crippen LogP contribution in [0.5, 0.6) is 23.0 Å². The molecule has 0 aromatic heterocycles. The number of carbonyl (C=O) groups is 2. The molecule has 0 saturated heterocycles. The Kier molecular flexibility index (Phi) is 19.5. The van der Waals surface area contributed by atoms with E-state index in [2.05, 4.69) is 20.6 Å². The Morgan fingerprint density at radius 2 is 0.808 bits per heavy atom. The second-order valence-electron chi connectivity index (χ2n) is 11.5. The van der Waals surface area contributed by atoms with E-state index in [1.165, 1.54) is 11.1 Å². The molecule has 0 saturated carbocycles. The number of nitrogens with one attached hydrogen (secondary N) is 2. The van der Waals surface area contributed by atoms with Crippen LogP contribution in [0.25, 0.3) is 0 Å². The van der Waals surface area contributed by atoms with Gasteiger partial charge in [0.2, 0.25) is 11.8 Å². The minimum absolute atomic E-state index is 0.0306. The van der Waals surface area contributed by atoms with E-state index in [9.17, 15) is 9.59 Å². The van der Waals surface area contributed by atoms with E-state index in [0.29, 0.717) is 25.9 Å². The highest BCUT2D eigenvalue weighted by molar-refractivity contribution is 5.91. The second-order valence-corrected chi connectivity index (χ2v) is 11.5. The summed E-state index contributed by atoms with van der Waals surface area (Å²) in [5, 5.41) is 12.7. The highest BCUT2D eigenvalue weighted by Crippen LogP contribution is 2.24. The molecule has 13 nitrogen and oxygen atoms in total. The summed E-state index contributed by atoms with van der Waals surface area (Å²) in [6, 6.07) is 30.3. The number of ether oxygens (including phenoxy) is 2. The van der Waals surface area contributed by atoms with Gasteiger partial charge in [-0.2, -0.15) is 0 Å². The molecule has 278 valence electrons. The number of nitrogens with two attached hydrogens (primary N) is 4. The molecule has 0 spiro atoms. The largest absolute Gasteiger partial charge is 0.457 e. The fraction of sp³-hybridized carbons (Fsp3) is 0.282. The standard InChI is InChI=1S/2C19H24N4O2.CH4O/c2*1-14-5-9-16(10-6-14)25-17-11-7-15(8-12-17)23-18(24)4-2-3-13-22-19(20)21;1-2/h2*5-12H,2-4,13H2,1H3,(H,23,24)(H4,20,21,22);2H,1H3. The molecule has 0 fully saturated rings. The maximum absolute atomic E-state index is 11.9. The highest BCUT2D eigenvalue weighted by atomic mass is 16.5. The topological polar surface area (TPSA) is 226 Å². The fourth-order valence-electron chi connectivity index (χ4n) is 4.36. The van der Waals surface area contributed by atoms with Gasteiger partial charge < -0.3 is 48.1 Å². The summed E-state index contributed by atoms with van der Waals surface area (Å²) in [6.45, 7) is 5.14. The first-order valence-corrected chi connectivity index (χ1v) is 16.9. The minimum atomic E-state index is -0.0306. The van der Waals surface area contributed by atoms with E-state index in [1.807, 2.05) is 111 Å². The van der Waals surface area contributed by atoms with E-state index in [0.717, 1.165) is 67.2 Å². The molecule has 4 aromatic carbocycles. The number of carbonyl (C=O) groups excluding carboxylic acids is 2. The number of benzene rings is 4. The van der Waals surface area contributed by atoms with Crippen LogP contribution in [-0.4, -0.2) is 49.0 Å². The van der Waals surface area contributed by atoms with Crippen molar-refractivity contribution in [3.8, 4) is 23.0 Å². The molecule has 11 N–H and O–H groups in total. The second kappa shape index (κ2) is 24.1. The Hall–Kier alpha value is -6.08. The smallest absolute Gasteiger partial charge is 0.224 e. The summed E-state index contributed by atoms with van der Waals surface area (Å²) in [5.41, 5.74) is 24.8. The van der Waals surface area contributed by atoms with E-state index in [-0.39, 0.29) is 23.7 Å². The number of rotatable bonds is 16. The molecule has 52 heavy (non-hydrogen) atoms. The lowest BCUT2D eigenvalue weighted by molar-refractivity contribution is -0.117. The number of aryl methyl sites for hydroxylation is 2. The molecule has 0 radical (unpaired) electrons. The molecule has 2 amide bonds. The van der Waals surface area contributed by atoms with Crippen LogP contribution >= 0.6 is 0 Å². The Balaban J connectivity index is 0.000000344. The van der Waals surface area contributed by atoms with Gasteiger partial charge in [0.15, 0.2) is 11.9 Å². The Bertz CT molecular complexity index is 1540. The monoisotopic (exact) mass is 712 g/mol. The number of hydrogen-bond acceptors (Lipinski definition) is 7. The summed E-state index contributed by atoms with van der Waals surface area (Å²) in [4.78, 5) is 31.5. The first-order valence-electron chi connectivity index (χ1n) is 16.9. The van der Waals surface area contributed by atoms with Gasteiger partial charge in [0.25, 0.3) is 0 Å². The molecule has 0 heterocycles. The quantitative estimate of drug-likeness (QED) is 0.0413. The van der Waals surface area contributed by atoms with Gasteiger partial charge in [0.05, 0.1) is 0 Å². The maximum Gasteiger partial charge on any atom is 0.224 e. The van der Waals surface area contributed by atoms with Gasteiger partial charge in [-0.25, -0.2) is 0 Å². The first-order chi connectivity index (χ1) is 25.0. The molecule has 0 atom stereocenters. The van der Waals surface area contributed by atoms with Gasteiger partial charge in [-0.1, -0.05) is 35.4 Å². The van der Waals surface area contributed by atoms with Crippen molar-refractivity contribution in [3.05, 3.63) is 108 Å². The maximum atomic E-state index is 11.9. The van der Waals surface area contributed by atoms with E-state index >= 15 is 0 Å². The van der Waals surface area contributed by atoms with Gasteiger partial charge >= 0.3 is 0 Å². The molecular formula is C39H52N8O5. The third kappa shape index (κ3) is 18.6. The summed E-state index contributed by atoms with van der Waals surface area (Å²) in [6.07, 6.45) is 3.88. The molecule has 4 aromatic rings. The van der Waals surface area contributed by atoms with E-state index in [4.69, 9.17) is 37.5 Å². The summed E-state index contributed by atoms with van der Waals surface area (Å²) in [7, 11) is 1.00. The van der Waals surface area contributed by atoms with E-state index in [1.54, 1.807) is 0 Å². The first kappa shape index (κ1) is 42.1. The van der Waals surface area contributed by atoms with Gasteiger partial charge in [0, 0.05) is 44.4 Å². The third-order valence-electron chi connectivity index (χ3n) is 7.00. The highest BCUT2D eigenvalue weighted by Gasteiger charge is 2.05. The van der Waals surface area contributed by atoms with Gasteiger partial charge in [-0.05, 0) is 112 Å². The number of nitrogens with zero attached hydrogens (tertiary/aromatic N) is 2. The third-order valence-corrected chi connectivity index (χ3v) is 7.00. The van der Waals surface area contributed by atoms with Crippen molar-refractivity contribution < 1.29 is 24.2 Å². The molecule has 4 rings (SSSR count). The predicted molar refractivity (Wildman–Crippen MR) is 210 cm³/mol. The van der Waals surface area contributed by atoms with Crippen molar-refractivity contribution in [1.29, 1.82) is 0 Å². The van der Waals surface area contributed by atoms with Crippen LogP contribution in [0.3, 0.4) is 0 Å². The zero-order valence-electron chi connectivity index (χ0n) is 30.2. The number of aliphatic hydroxyl groups is 1. The zero-order valence-corrected chi connectivity index (χ0v) is 30.2. The Labute approximate surface area is 306 Å². The lowest BCUT2D eigenvalue weighted by Gasteiger charge is -2.08. The minimum Gasteiger partial charge on any atom is -0.457 e. The molecule has 13 heteroatoms. The van der Waals surface area contributed by atoms with Crippen molar-refractivity contribution in [1.82, 2.24) is 0 Å². The van der Waals surface area contributed by atoms with E-state index < -0.39 is 0 Å². The summed E-state index contributed by atoms with van der Waals surface area (Å²) >= 11 is 0. The number of hydrogen-bond donors (Lipinski definition) is 7. The lowest BCUT2D eigenvalue weighted by Crippen LogP contribution is -2.23. The van der Waals surface area contributed by atoms with Crippen LogP contribution in [-0.2, 0) is 9.59 Å².